The number of para-hydroxylation sites is 1. The van der Waals surface area contributed by atoms with Crippen LogP contribution in [0.4, 0.5) is 0 Å². The van der Waals surface area contributed by atoms with Gasteiger partial charge < -0.3 is 4.74 Å². The molecule has 2 aromatic rings. The first kappa shape index (κ1) is 21.4. The third-order valence-electron chi connectivity index (χ3n) is 3.93. The molecule has 0 radical (unpaired) electrons. The number of aryl methyl sites for hydroxylation is 1. The highest BCUT2D eigenvalue weighted by Crippen LogP contribution is 2.18. The number of hydrogen-bond donors (Lipinski definition) is 3. The Balaban J connectivity index is 1.88. The Bertz CT molecular complexity index is 839. The highest BCUT2D eigenvalue weighted by Gasteiger charge is 2.14. The van der Waals surface area contributed by atoms with Crippen LogP contribution in [0, 0.1) is 6.92 Å². The summed E-state index contributed by atoms with van der Waals surface area (Å²) in [6.07, 6.45) is 3.10. The number of hydrogen-bond acceptors (Lipinski definition) is 4. The van der Waals surface area contributed by atoms with Crippen molar-refractivity contribution in [2.45, 2.75) is 33.1 Å². The van der Waals surface area contributed by atoms with Crippen molar-refractivity contribution < 1.29 is 14.3 Å². The largest absolute Gasteiger partial charge is 0.493 e. The summed E-state index contributed by atoms with van der Waals surface area (Å²) in [5.41, 5.74) is 6.86. The van der Waals surface area contributed by atoms with E-state index in [0.29, 0.717) is 23.5 Å². The number of carbonyl (C=O) groups excluding carboxylic acids is 2. The average molecular weight is 400 g/mol. The van der Waals surface area contributed by atoms with E-state index in [1.54, 1.807) is 36.4 Å². The van der Waals surface area contributed by atoms with E-state index in [0.717, 1.165) is 24.8 Å². The number of ether oxygens (including phenoxy) is 1. The maximum atomic E-state index is 12.5. The van der Waals surface area contributed by atoms with Crippen LogP contribution < -0.4 is 20.9 Å². The first-order valence-corrected chi connectivity index (χ1v) is 9.62. The van der Waals surface area contributed by atoms with Crippen LogP contribution in [0.3, 0.4) is 0 Å². The summed E-state index contributed by atoms with van der Waals surface area (Å²) in [5.74, 6) is -0.254. The van der Waals surface area contributed by atoms with Gasteiger partial charge in [0.05, 0.1) is 12.2 Å². The van der Waals surface area contributed by atoms with E-state index >= 15 is 0 Å². The molecular weight excluding hydrogens is 374 g/mol. The number of rotatable bonds is 7. The lowest BCUT2D eigenvalue weighted by atomic mass is 10.1. The highest BCUT2D eigenvalue weighted by atomic mass is 32.1. The van der Waals surface area contributed by atoms with E-state index in [1.165, 1.54) is 0 Å². The standard InChI is InChI=1S/C21H25N3O3S/c1-3-4-7-13-27-18-12-6-5-11-17(18)20(26)22-21(28)24-23-19(25)16-10-8-9-15(2)14-16/h5-6,8-12,14H,3-4,7,13H2,1-2H3,(H,23,25)(H2,22,24,26,28). The molecule has 0 fully saturated rings. The van der Waals surface area contributed by atoms with Crippen LogP contribution in [0.2, 0.25) is 0 Å². The van der Waals surface area contributed by atoms with Crippen LogP contribution in [0.5, 0.6) is 5.75 Å². The quantitative estimate of drug-likeness (QED) is 0.377. The highest BCUT2D eigenvalue weighted by molar-refractivity contribution is 7.80. The van der Waals surface area contributed by atoms with Crippen LogP contribution in [0.25, 0.3) is 0 Å². The normalized spacial score (nSPS) is 10.1. The van der Waals surface area contributed by atoms with Crippen molar-refractivity contribution >= 4 is 29.1 Å². The second-order valence-corrected chi connectivity index (χ2v) is 6.69. The second kappa shape index (κ2) is 11.0. The van der Waals surface area contributed by atoms with Crippen LogP contribution in [0.1, 0.15) is 52.5 Å². The molecule has 0 saturated carbocycles. The molecule has 0 atom stereocenters. The molecule has 3 N–H and O–H groups in total. The van der Waals surface area contributed by atoms with Crippen molar-refractivity contribution in [3.05, 3.63) is 65.2 Å². The third-order valence-corrected chi connectivity index (χ3v) is 4.14. The van der Waals surface area contributed by atoms with E-state index in [-0.39, 0.29) is 11.0 Å². The Kier molecular flexibility index (Phi) is 8.42. The number of amides is 2. The number of benzene rings is 2. The minimum Gasteiger partial charge on any atom is -0.493 e. The molecule has 0 aliphatic rings. The van der Waals surface area contributed by atoms with Crippen LogP contribution in [0.15, 0.2) is 48.5 Å². The van der Waals surface area contributed by atoms with E-state index in [2.05, 4.69) is 23.1 Å². The van der Waals surface area contributed by atoms with Crippen molar-refractivity contribution in [2.24, 2.45) is 0 Å². The van der Waals surface area contributed by atoms with Gasteiger partial charge in [0.1, 0.15) is 5.75 Å². The van der Waals surface area contributed by atoms with Crippen molar-refractivity contribution in [1.82, 2.24) is 16.2 Å². The van der Waals surface area contributed by atoms with Crippen LogP contribution in [-0.2, 0) is 0 Å². The van der Waals surface area contributed by atoms with Crippen molar-refractivity contribution in [2.75, 3.05) is 6.61 Å². The number of hydrazine groups is 1. The summed E-state index contributed by atoms with van der Waals surface area (Å²) in [5, 5.41) is 2.54. The summed E-state index contributed by atoms with van der Waals surface area (Å²) in [7, 11) is 0. The van der Waals surface area contributed by atoms with Crippen molar-refractivity contribution in [3.8, 4) is 5.75 Å². The van der Waals surface area contributed by atoms with Gasteiger partial charge in [-0.2, -0.15) is 0 Å². The Morgan fingerprint density at radius 2 is 1.79 bits per heavy atom. The van der Waals surface area contributed by atoms with E-state index in [1.807, 2.05) is 19.1 Å². The number of unbranched alkanes of at least 4 members (excludes halogenated alkanes) is 2. The predicted octanol–water partition coefficient (Wildman–Crippen LogP) is 3.51. The van der Waals surface area contributed by atoms with Crippen LogP contribution >= 0.6 is 12.2 Å². The fourth-order valence-electron chi connectivity index (χ4n) is 2.49. The molecule has 7 heteroatoms. The van der Waals surface area contributed by atoms with Crippen LogP contribution in [-0.4, -0.2) is 23.5 Å². The SMILES string of the molecule is CCCCCOc1ccccc1C(=O)NC(=S)NNC(=O)c1cccc(C)c1. The lowest BCUT2D eigenvalue weighted by Crippen LogP contribution is -2.48. The minimum atomic E-state index is -0.409. The Morgan fingerprint density at radius 1 is 1.00 bits per heavy atom. The molecule has 0 saturated heterocycles. The summed E-state index contributed by atoms with van der Waals surface area (Å²) >= 11 is 5.09. The zero-order valence-corrected chi connectivity index (χ0v) is 16.9. The van der Waals surface area contributed by atoms with Gasteiger partial charge in [0, 0.05) is 5.56 Å². The van der Waals surface area contributed by atoms with Gasteiger partial charge in [0.25, 0.3) is 11.8 Å². The molecule has 2 rings (SSSR count). The van der Waals surface area contributed by atoms with Gasteiger partial charge in [-0.1, -0.05) is 49.6 Å². The zero-order chi connectivity index (χ0) is 20.4. The fourth-order valence-corrected chi connectivity index (χ4v) is 2.63. The van der Waals surface area contributed by atoms with E-state index < -0.39 is 5.91 Å². The maximum Gasteiger partial charge on any atom is 0.269 e. The summed E-state index contributed by atoms with van der Waals surface area (Å²) in [4.78, 5) is 24.6. The van der Waals surface area contributed by atoms with Gasteiger partial charge in [-0.3, -0.25) is 25.8 Å². The molecular formula is C21H25N3O3S. The van der Waals surface area contributed by atoms with Gasteiger partial charge in [0.2, 0.25) is 0 Å². The minimum absolute atomic E-state index is 0.00760. The lowest BCUT2D eigenvalue weighted by molar-refractivity contribution is 0.0933. The molecule has 0 aliphatic carbocycles. The number of thiocarbonyl (C=S) groups is 1. The lowest BCUT2D eigenvalue weighted by Gasteiger charge is -2.13. The molecule has 0 unspecified atom stereocenters. The molecule has 6 nitrogen and oxygen atoms in total. The van der Waals surface area contributed by atoms with Gasteiger partial charge in [0.15, 0.2) is 5.11 Å². The predicted molar refractivity (Wildman–Crippen MR) is 113 cm³/mol. The number of carbonyl (C=O) groups is 2. The van der Waals surface area contributed by atoms with Gasteiger partial charge in [-0.05, 0) is 49.8 Å². The maximum absolute atomic E-state index is 12.5. The van der Waals surface area contributed by atoms with Crippen molar-refractivity contribution in [1.29, 1.82) is 0 Å². The Morgan fingerprint density at radius 3 is 2.54 bits per heavy atom. The van der Waals surface area contributed by atoms with Gasteiger partial charge in [-0.15, -0.1) is 0 Å². The fraction of sp³-hybridized carbons (Fsp3) is 0.286. The van der Waals surface area contributed by atoms with Crippen molar-refractivity contribution in [3.63, 3.8) is 0 Å². The monoisotopic (exact) mass is 399 g/mol. The third kappa shape index (κ3) is 6.66. The summed E-state index contributed by atoms with van der Waals surface area (Å²) in [6, 6.07) is 14.1. The zero-order valence-electron chi connectivity index (χ0n) is 16.1. The van der Waals surface area contributed by atoms with Gasteiger partial charge in [-0.25, -0.2) is 0 Å². The molecule has 2 aromatic carbocycles. The number of nitrogens with one attached hydrogen (secondary N) is 3. The summed E-state index contributed by atoms with van der Waals surface area (Å²) in [6.45, 7) is 4.57. The van der Waals surface area contributed by atoms with Gasteiger partial charge >= 0.3 is 0 Å². The first-order chi connectivity index (χ1) is 13.5. The Labute approximate surface area is 170 Å². The molecule has 0 aromatic heterocycles. The topological polar surface area (TPSA) is 79.5 Å². The second-order valence-electron chi connectivity index (χ2n) is 6.28. The molecule has 148 valence electrons. The first-order valence-electron chi connectivity index (χ1n) is 9.21. The molecule has 2 amide bonds. The molecule has 0 aliphatic heterocycles. The molecule has 0 heterocycles. The van der Waals surface area contributed by atoms with E-state index in [4.69, 9.17) is 17.0 Å². The molecule has 0 bridgehead atoms. The van der Waals surface area contributed by atoms with E-state index in [9.17, 15) is 9.59 Å². The Hall–Kier alpha value is -2.93. The molecule has 28 heavy (non-hydrogen) atoms. The average Bonchev–Trinajstić information content (AvgIpc) is 2.69. The molecule has 0 spiro atoms. The summed E-state index contributed by atoms with van der Waals surface area (Å²) < 4.78 is 5.71. The smallest absolute Gasteiger partial charge is 0.269 e.